The molecule has 0 saturated carbocycles. The molecule has 0 aliphatic carbocycles. The first-order valence-corrected chi connectivity index (χ1v) is 30.1. The van der Waals surface area contributed by atoms with E-state index in [2.05, 4.69) is 69.4 Å². The molecule has 0 aromatic rings. The topological polar surface area (TPSA) is 78.9 Å². The van der Waals surface area contributed by atoms with Gasteiger partial charge in [-0.3, -0.25) is 14.4 Å². The molecule has 69 heavy (non-hydrogen) atoms. The summed E-state index contributed by atoms with van der Waals surface area (Å²) >= 11 is 0. The Kier molecular flexibility index (Phi) is 55.7. The molecule has 0 saturated heterocycles. The van der Waals surface area contributed by atoms with Gasteiger partial charge in [0.1, 0.15) is 13.2 Å². The molecule has 0 aliphatic heterocycles. The third-order valence-electron chi connectivity index (χ3n) is 13.3. The maximum absolute atomic E-state index is 12.8. The van der Waals surface area contributed by atoms with Crippen LogP contribution in [0.15, 0.2) is 48.6 Å². The van der Waals surface area contributed by atoms with Crippen LogP contribution < -0.4 is 0 Å². The van der Waals surface area contributed by atoms with Gasteiger partial charge in [-0.25, -0.2) is 0 Å². The highest BCUT2D eigenvalue weighted by atomic mass is 16.6. The molecule has 0 amide bonds. The standard InChI is InChI=1S/C63H114O6/c1-4-7-10-13-16-19-22-25-28-29-30-31-32-33-34-35-36-39-41-44-47-50-53-56-62(65)68-59-60(69-63(66)57-54-51-48-45-42-38-27-24-21-18-15-12-9-6-3)58-67-61(64)55-52-49-46-43-40-37-26-23-20-17-14-11-8-5-2/h14-15,17-18,23-24,26-27,60H,4-13,16,19-22,25,28-59H2,1-3H3/b17-14-,18-15-,26-23-,27-24-. The lowest BCUT2D eigenvalue weighted by Crippen LogP contribution is -2.30. The van der Waals surface area contributed by atoms with Gasteiger partial charge in [-0.15, -0.1) is 0 Å². The summed E-state index contributed by atoms with van der Waals surface area (Å²) in [5.74, 6) is -0.894. The van der Waals surface area contributed by atoms with Crippen LogP contribution in [-0.2, 0) is 28.6 Å². The number of esters is 3. The maximum atomic E-state index is 12.8. The molecule has 0 spiro atoms. The molecule has 0 bridgehead atoms. The van der Waals surface area contributed by atoms with E-state index in [1.165, 1.54) is 173 Å². The minimum Gasteiger partial charge on any atom is -0.462 e. The highest BCUT2D eigenvalue weighted by Crippen LogP contribution is 2.17. The number of hydrogen-bond acceptors (Lipinski definition) is 6. The monoisotopic (exact) mass is 967 g/mol. The second-order valence-corrected chi connectivity index (χ2v) is 20.3. The van der Waals surface area contributed by atoms with E-state index in [1.54, 1.807) is 0 Å². The fourth-order valence-corrected chi connectivity index (χ4v) is 8.71. The van der Waals surface area contributed by atoms with Gasteiger partial charge in [-0.05, 0) is 70.6 Å². The number of carbonyl (C=O) groups is 3. The molecule has 0 aliphatic rings. The number of unbranched alkanes of at least 4 members (excludes halogenated alkanes) is 36. The van der Waals surface area contributed by atoms with E-state index in [-0.39, 0.29) is 31.1 Å². The number of allylic oxidation sites excluding steroid dienone is 8. The molecule has 1 atom stereocenters. The highest BCUT2D eigenvalue weighted by Gasteiger charge is 2.19. The fourth-order valence-electron chi connectivity index (χ4n) is 8.71. The number of ether oxygens (including phenoxy) is 3. The average Bonchev–Trinajstić information content (AvgIpc) is 3.35. The highest BCUT2D eigenvalue weighted by molar-refractivity contribution is 5.71. The lowest BCUT2D eigenvalue weighted by Gasteiger charge is -2.18. The van der Waals surface area contributed by atoms with Gasteiger partial charge >= 0.3 is 17.9 Å². The predicted molar refractivity (Wildman–Crippen MR) is 298 cm³/mol. The molecule has 1 unspecified atom stereocenters. The lowest BCUT2D eigenvalue weighted by atomic mass is 10.0. The van der Waals surface area contributed by atoms with Crippen LogP contribution in [0.4, 0.5) is 0 Å². The summed E-state index contributed by atoms with van der Waals surface area (Å²) in [6, 6.07) is 0. The maximum Gasteiger partial charge on any atom is 0.306 e. The van der Waals surface area contributed by atoms with E-state index in [4.69, 9.17) is 14.2 Å². The normalized spacial score (nSPS) is 12.3. The molecule has 6 heteroatoms. The Bertz CT molecular complexity index is 1200. The van der Waals surface area contributed by atoms with Crippen LogP contribution in [0.2, 0.25) is 0 Å². The van der Waals surface area contributed by atoms with E-state index in [1.807, 2.05) is 0 Å². The Morgan fingerprint density at radius 1 is 0.290 bits per heavy atom. The van der Waals surface area contributed by atoms with Crippen LogP contribution in [0.25, 0.3) is 0 Å². The average molecular weight is 968 g/mol. The van der Waals surface area contributed by atoms with Crippen LogP contribution in [0.5, 0.6) is 0 Å². The van der Waals surface area contributed by atoms with Gasteiger partial charge < -0.3 is 14.2 Å². The Balaban J connectivity index is 4.28. The first-order chi connectivity index (χ1) is 34.0. The van der Waals surface area contributed by atoms with E-state index in [0.29, 0.717) is 19.3 Å². The molecular formula is C63H114O6. The van der Waals surface area contributed by atoms with Crippen molar-refractivity contribution < 1.29 is 28.6 Å². The van der Waals surface area contributed by atoms with Crippen LogP contribution >= 0.6 is 0 Å². The van der Waals surface area contributed by atoms with E-state index in [0.717, 1.165) is 103 Å². The molecule has 0 aromatic heterocycles. The largest absolute Gasteiger partial charge is 0.462 e. The number of rotatable bonds is 55. The van der Waals surface area contributed by atoms with Crippen molar-refractivity contribution in [1.82, 2.24) is 0 Å². The van der Waals surface area contributed by atoms with Crippen molar-refractivity contribution in [2.75, 3.05) is 13.2 Å². The summed E-state index contributed by atoms with van der Waals surface area (Å²) in [6.45, 7) is 6.58. The van der Waals surface area contributed by atoms with Crippen molar-refractivity contribution in [3.05, 3.63) is 48.6 Å². The Morgan fingerprint density at radius 3 is 0.841 bits per heavy atom. The molecular weight excluding hydrogens is 853 g/mol. The first kappa shape index (κ1) is 66.4. The molecule has 0 aromatic carbocycles. The number of hydrogen-bond donors (Lipinski definition) is 0. The molecule has 402 valence electrons. The summed E-state index contributed by atoms with van der Waals surface area (Å²) in [5.41, 5.74) is 0. The van der Waals surface area contributed by atoms with Crippen LogP contribution in [0.1, 0.15) is 316 Å². The van der Waals surface area contributed by atoms with Crippen molar-refractivity contribution in [2.24, 2.45) is 0 Å². The van der Waals surface area contributed by atoms with Gasteiger partial charge in [0, 0.05) is 19.3 Å². The summed E-state index contributed by atoms with van der Waals surface area (Å²) < 4.78 is 16.9. The lowest BCUT2D eigenvalue weighted by molar-refractivity contribution is -0.167. The zero-order valence-electron chi connectivity index (χ0n) is 46.1. The van der Waals surface area contributed by atoms with Crippen molar-refractivity contribution in [3.8, 4) is 0 Å². The molecule has 6 nitrogen and oxygen atoms in total. The summed E-state index contributed by atoms with van der Waals surface area (Å²) in [5, 5.41) is 0. The zero-order valence-corrected chi connectivity index (χ0v) is 46.1. The Morgan fingerprint density at radius 2 is 0.536 bits per heavy atom. The van der Waals surface area contributed by atoms with Crippen molar-refractivity contribution in [1.29, 1.82) is 0 Å². The zero-order chi connectivity index (χ0) is 50.0. The molecule has 0 heterocycles. The summed E-state index contributed by atoms with van der Waals surface area (Å²) in [6.07, 6.45) is 71.1. The summed E-state index contributed by atoms with van der Waals surface area (Å²) in [7, 11) is 0. The van der Waals surface area contributed by atoms with Crippen molar-refractivity contribution >= 4 is 17.9 Å². The second-order valence-electron chi connectivity index (χ2n) is 20.3. The van der Waals surface area contributed by atoms with E-state index >= 15 is 0 Å². The second kappa shape index (κ2) is 57.9. The SMILES string of the molecule is CCCC/C=C\C/C=C\CCCCCCCC(=O)OCC(COC(=O)CCCCCCCCCCCCCCCCCCCCCCCCC)OC(=O)CCCCCCC/C=C\C/C=C\CCCC. The van der Waals surface area contributed by atoms with Gasteiger partial charge in [0.25, 0.3) is 0 Å². The third-order valence-corrected chi connectivity index (χ3v) is 13.3. The summed E-state index contributed by atoms with van der Waals surface area (Å²) in [4.78, 5) is 38.2. The smallest absolute Gasteiger partial charge is 0.306 e. The van der Waals surface area contributed by atoms with E-state index < -0.39 is 6.10 Å². The van der Waals surface area contributed by atoms with Gasteiger partial charge in [0.2, 0.25) is 0 Å². The molecule has 0 rings (SSSR count). The van der Waals surface area contributed by atoms with Gasteiger partial charge in [-0.2, -0.15) is 0 Å². The van der Waals surface area contributed by atoms with Crippen LogP contribution in [0.3, 0.4) is 0 Å². The predicted octanol–water partition coefficient (Wildman–Crippen LogP) is 20.2. The van der Waals surface area contributed by atoms with E-state index in [9.17, 15) is 14.4 Å². The van der Waals surface area contributed by atoms with Gasteiger partial charge in [0.05, 0.1) is 0 Å². The molecule has 0 fully saturated rings. The van der Waals surface area contributed by atoms with Gasteiger partial charge in [0.15, 0.2) is 6.10 Å². The molecule has 0 N–H and O–H groups in total. The quantitative estimate of drug-likeness (QED) is 0.0262. The van der Waals surface area contributed by atoms with Crippen molar-refractivity contribution in [2.45, 2.75) is 322 Å². The fraction of sp³-hybridized carbons (Fsp3) is 0.825. The minimum atomic E-state index is -0.784. The third kappa shape index (κ3) is 56.2. The van der Waals surface area contributed by atoms with Crippen molar-refractivity contribution in [3.63, 3.8) is 0 Å². The first-order valence-electron chi connectivity index (χ1n) is 30.1. The van der Waals surface area contributed by atoms with Crippen LogP contribution in [-0.4, -0.2) is 37.2 Å². The minimum absolute atomic E-state index is 0.0805. The Hall–Kier alpha value is -2.63. The Labute approximate surface area is 428 Å². The molecule has 0 radical (unpaired) electrons. The number of carbonyl (C=O) groups excluding carboxylic acids is 3. The van der Waals surface area contributed by atoms with Crippen LogP contribution in [0, 0.1) is 0 Å². The van der Waals surface area contributed by atoms with Gasteiger partial charge in [-0.1, -0.05) is 275 Å².